The highest BCUT2D eigenvalue weighted by Crippen LogP contribution is 2.21. The molecule has 0 bridgehead atoms. The molecule has 0 radical (unpaired) electrons. The van der Waals surface area contributed by atoms with Crippen LogP contribution in [0.4, 0.5) is 4.79 Å². The molecule has 2 amide bonds. The van der Waals surface area contributed by atoms with Crippen LogP contribution in [-0.2, 0) is 9.53 Å². The number of carboxylic acids is 1. The largest absolute Gasteiger partial charge is 0.481 e. The highest BCUT2D eigenvalue weighted by Gasteiger charge is 2.27. The number of urea groups is 1. The van der Waals surface area contributed by atoms with Gasteiger partial charge in [-0.05, 0) is 26.2 Å². The van der Waals surface area contributed by atoms with Gasteiger partial charge in [0.05, 0.1) is 12.0 Å². The molecule has 2 N–H and O–H groups in total. The van der Waals surface area contributed by atoms with E-state index in [0.29, 0.717) is 6.54 Å². The van der Waals surface area contributed by atoms with Gasteiger partial charge in [0.2, 0.25) is 0 Å². The number of ether oxygens (including phenoxy) is 1. The van der Waals surface area contributed by atoms with Gasteiger partial charge in [0, 0.05) is 26.2 Å². The minimum absolute atomic E-state index is 0.131. The average Bonchev–Trinajstić information content (AvgIpc) is 2.82. The second-order valence-corrected chi connectivity index (χ2v) is 5.10. The molecule has 110 valence electrons. The van der Waals surface area contributed by atoms with Gasteiger partial charge >= 0.3 is 12.0 Å². The Balaban J connectivity index is 2.44. The highest BCUT2D eigenvalue weighted by molar-refractivity contribution is 5.76. The van der Waals surface area contributed by atoms with Crippen molar-refractivity contribution >= 4 is 12.0 Å². The van der Waals surface area contributed by atoms with E-state index in [4.69, 9.17) is 9.84 Å². The van der Waals surface area contributed by atoms with E-state index in [2.05, 4.69) is 5.32 Å². The van der Waals surface area contributed by atoms with Crippen LogP contribution in [0.3, 0.4) is 0 Å². The molecular formula is C13H24N2O4. The summed E-state index contributed by atoms with van der Waals surface area (Å²) < 4.78 is 5.26. The van der Waals surface area contributed by atoms with Crippen LogP contribution in [0.5, 0.6) is 0 Å². The Bertz CT molecular complexity index is 322. The van der Waals surface area contributed by atoms with Crippen LogP contribution >= 0.6 is 0 Å². The molecule has 6 nitrogen and oxygen atoms in total. The summed E-state index contributed by atoms with van der Waals surface area (Å²) in [5.41, 5.74) is 0. The molecule has 1 saturated carbocycles. The highest BCUT2D eigenvalue weighted by atomic mass is 16.5. The number of carbonyl (C=O) groups is 2. The Kier molecular flexibility index (Phi) is 6.08. The van der Waals surface area contributed by atoms with Crippen LogP contribution in [0.25, 0.3) is 0 Å². The normalized spacial score (nSPS) is 23.9. The molecule has 0 aliphatic heterocycles. The van der Waals surface area contributed by atoms with E-state index in [1.807, 2.05) is 6.92 Å². The maximum atomic E-state index is 12.1. The number of nitrogens with zero attached hydrogens (tertiary/aromatic N) is 1. The molecular weight excluding hydrogens is 248 g/mol. The van der Waals surface area contributed by atoms with Crippen molar-refractivity contribution in [3.63, 3.8) is 0 Å². The lowest BCUT2D eigenvalue weighted by Crippen LogP contribution is -2.46. The fourth-order valence-electron chi connectivity index (χ4n) is 2.32. The minimum Gasteiger partial charge on any atom is -0.481 e. The maximum Gasteiger partial charge on any atom is 0.317 e. The third-order valence-corrected chi connectivity index (χ3v) is 3.63. The lowest BCUT2D eigenvalue weighted by Gasteiger charge is -2.25. The van der Waals surface area contributed by atoms with E-state index >= 15 is 0 Å². The van der Waals surface area contributed by atoms with Crippen molar-refractivity contribution in [2.75, 3.05) is 20.2 Å². The number of nitrogens with one attached hydrogen (secondary N) is 1. The van der Waals surface area contributed by atoms with E-state index in [0.717, 1.165) is 19.3 Å². The molecule has 19 heavy (non-hydrogen) atoms. The van der Waals surface area contributed by atoms with Gasteiger partial charge in [-0.15, -0.1) is 0 Å². The number of hydrogen-bond donors (Lipinski definition) is 2. The molecule has 0 aromatic carbocycles. The summed E-state index contributed by atoms with van der Waals surface area (Å²) in [6.07, 6.45) is 2.92. The van der Waals surface area contributed by atoms with Crippen molar-refractivity contribution in [1.29, 1.82) is 0 Å². The lowest BCUT2D eigenvalue weighted by molar-refractivity contribution is -0.141. The van der Waals surface area contributed by atoms with Gasteiger partial charge in [0.1, 0.15) is 0 Å². The van der Waals surface area contributed by atoms with Gasteiger partial charge in [-0.2, -0.15) is 0 Å². The van der Waals surface area contributed by atoms with Crippen LogP contribution < -0.4 is 5.32 Å². The molecule has 0 saturated heterocycles. The topological polar surface area (TPSA) is 78.9 Å². The Morgan fingerprint density at radius 2 is 2.16 bits per heavy atom. The Hall–Kier alpha value is -1.30. The first-order chi connectivity index (χ1) is 8.97. The SMILES string of the molecule is CCN(CC(C)C(=O)O)C(=O)NC1CCC(OC)C1. The molecule has 1 aliphatic rings. The Labute approximate surface area is 114 Å². The van der Waals surface area contributed by atoms with Crippen LogP contribution in [0.1, 0.15) is 33.1 Å². The van der Waals surface area contributed by atoms with Gasteiger partial charge in [-0.25, -0.2) is 4.79 Å². The zero-order valence-electron chi connectivity index (χ0n) is 11.9. The van der Waals surface area contributed by atoms with E-state index in [1.54, 1.807) is 18.9 Å². The van der Waals surface area contributed by atoms with Crippen molar-refractivity contribution in [2.24, 2.45) is 5.92 Å². The quantitative estimate of drug-likeness (QED) is 0.764. The lowest BCUT2D eigenvalue weighted by atomic mass is 10.2. The molecule has 0 heterocycles. The monoisotopic (exact) mass is 272 g/mol. The van der Waals surface area contributed by atoms with Crippen LogP contribution in [0, 0.1) is 5.92 Å². The van der Waals surface area contributed by atoms with E-state index < -0.39 is 11.9 Å². The van der Waals surface area contributed by atoms with Crippen LogP contribution in [0.15, 0.2) is 0 Å². The summed E-state index contributed by atoms with van der Waals surface area (Å²) in [5.74, 6) is -1.44. The number of amides is 2. The maximum absolute atomic E-state index is 12.1. The number of hydrogen-bond acceptors (Lipinski definition) is 3. The predicted molar refractivity (Wildman–Crippen MR) is 71.0 cm³/mol. The smallest absolute Gasteiger partial charge is 0.317 e. The van der Waals surface area contributed by atoms with Gasteiger partial charge < -0.3 is 20.1 Å². The van der Waals surface area contributed by atoms with Gasteiger partial charge in [0.25, 0.3) is 0 Å². The molecule has 3 unspecified atom stereocenters. The zero-order valence-corrected chi connectivity index (χ0v) is 11.9. The van der Waals surface area contributed by atoms with Gasteiger partial charge in [0.15, 0.2) is 0 Å². The molecule has 1 rings (SSSR count). The van der Waals surface area contributed by atoms with E-state index in [-0.39, 0.29) is 24.7 Å². The number of methoxy groups -OCH3 is 1. The average molecular weight is 272 g/mol. The predicted octanol–water partition coefficient (Wildman–Crippen LogP) is 1.31. The number of carbonyl (C=O) groups excluding carboxylic acids is 1. The van der Waals surface area contributed by atoms with Gasteiger partial charge in [-0.3, -0.25) is 4.79 Å². The molecule has 0 aromatic heterocycles. The molecule has 0 spiro atoms. The van der Waals surface area contributed by atoms with Crippen LogP contribution in [0.2, 0.25) is 0 Å². The summed E-state index contributed by atoms with van der Waals surface area (Å²) in [5, 5.41) is 11.8. The fraction of sp³-hybridized carbons (Fsp3) is 0.846. The second-order valence-electron chi connectivity index (χ2n) is 5.10. The third-order valence-electron chi connectivity index (χ3n) is 3.63. The standard InChI is InChI=1S/C13H24N2O4/c1-4-15(8-9(2)12(16)17)13(18)14-10-5-6-11(7-10)19-3/h9-11H,4-8H2,1-3H3,(H,14,18)(H,16,17). The number of carboxylic acid groups (broad SMARTS) is 1. The molecule has 1 aliphatic carbocycles. The fourth-order valence-corrected chi connectivity index (χ4v) is 2.32. The summed E-state index contributed by atoms with van der Waals surface area (Å²) >= 11 is 0. The summed E-state index contributed by atoms with van der Waals surface area (Å²) in [6.45, 7) is 4.19. The Morgan fingerprint density at radius 1 is 1.47 bits per heavy atom. The number of rotatable bonds is 6. The molecule has 0 aromatic rings. The second kappa shape index (κ2) is 7.33. The molecule has 3 atom stereocenters. The summed E-state index contributed by atoms with van der Waals surface area (Å²) in [7, 11) is 1.68. The number of aliphatic carboxylic acids is 1. The van der Waals surface area contributed by atoms with Crippen molar-refractivity contribution in [2.45, 2.75) is 45.3 Å². The summed E-state index contributed by atoms with van der Waals surface area (Å²) in [6, 6.07) is -0.0519. The zero-order chi connectivity index (χ0) is 14.4. The minimum atomic E-state index is -0.883. The van der Waals surface area contributed by atoms with Crippen molar-refractivity contribution in [1.82, 2.24) is 10.2 Å². The first-order valence-corrected chi connectivity index (χ1v) is 6.78. The Morgan fingerprint density at radius 3 is 2.63 bits per heavy atom. The third kappa shape index (κ3) is 4.70. The van der Waals surface area contributed by atoms with Crippen molar-refractivity contribution in [3.8, 4) is 0 Å². The van der Waals surface area contributed by atoms with Gasteiger partial charge in [-0.1, -0.05) is 6.92 Å². The van der Waals surface area contributed by atoms with Crippen molar-refractivity contribution in [3.05, 3.63) is 0 Å². The first-order valence-electron chi connectivity index (χ1n) is 6.78. The van der Waals surface area contributed by atoms with Crippen LogP contribution in [-0.4, -0.2) is 54.4 Å². The molecule has 1 fully saturated rings. The van der Waals surface area contributed by atoms with E-state index in [9.17, 15) is 9.59 Å². The molecule has 6 heteroatoms. The first kappa shape index (κ1) is 15.8. The summed E-state index contributed by atoms with van der Waals surface area (Å²) in [4.78, 5) is 24.4. The van der Waals surface area contributed by atoms with E-state index in [1.165, 1.54) is 0 Å². The van der Waals surface area contributed by atoms with Crippen molar-refractivity contribution < 1.29 is 19.4 Å².